The first-order chi connectivity index (χ1) is 13.8. The molecule has 0 spiro atoms. The molecule has 3 aromatic rings. The second kappa shape index (κ2) is 10.7. The maximum Gasteiger partial charge on any atom is 0.119 e. The quantitative estimate of drug-likeness (QED) is 0.340. The van der Waals surface area contributed by atoms with Crippen LogP contribution in [0.3, 0.4) is 0 Å². The number of ether oxygens (including phenoxy) is 1. The van der Waals surface area contributed by atoms with Gasteiger partial charge in [0, 0.05) is 0 Å². The maximum atomic E-state index is 5.51. The fourth-order valence-electron chi connectivity index (χ4n) is 3.51. The summed E-state index contributed by atoms with van der Waals surface area (Å²) in [5.41, 5.74) is 6.78. The number of aryl methyl sites for hydroxylation is 3. The van der Waals surface area contributed by atoms with E-state index in [4.69, 9.17) is 4.74 Å². The lowest BCUT2D eigenvalue weighted by Crippen LogP contribution is -1.94. The van der Waals surface area contributed by atoms with Gasteiger partial charge in [-0.15, -0.1) is 0 Å². The highest BCUT2D eigenvalue weighted by Gasteiger charge is 2.01. The normalized spacial score (nSPS) is 10.8. The molecule has 0 unspecified atom stereocenters. The third-order valence-electron chi connectivity index (χ3n) is 5.25. The van der Waals surface area contributed by atoms with Gasteiger partial charge in [-0.25, -0.2) is 0 Å². The number of hydrogen-bond donors (Lipinski definition) is 0. The summed E-state index contributed by atoms with van der Waals surface area (Å²) in [5.74, 6) is 0.951. The Balaban J connectivity index is 1.54. The van der Waals surface area contributed by atoms with Gasteiger partial charge in [0.05, 0.1) is 6.61 Å². The van der Waals surface area contributed by atoms with E-state index in [-0.39, 0.29) is 0 Å². The van der Waals surface area contributed by atoms with Crippen molar-refractivity contribution < 1.29 is 4.74 Å². The molecule has 0 aliphatic heterocycles. The van der Waals surface area contributed by atoms with Crippen LogP contribution < -0.4 is 4.74 Å². The molecule has 0 bridgehead atoms. The van der Waals surface area contributed by atoms with Gasteiger partial charge in [0.1, 0.15) is 5.75 Å². The molecule has 0 heterocycles. The molecule has 28 heavy (non-hydrogen) atoms. The minimum Gasteiger partial charge on any atom is -0.494 e. The molecule has 0 N–H and O–H groups in total. The molecule has 0 saturated carbocycles. The van der Waals surface area contributed by atoms with E-state index in [0.29, 0.717) is 6.61 Å². The fraction of sp³-hybridized carbons (Fsp3) is 0.333. The smallest absolute Gasteiger partial charge is 0.119 e. The first-order valence-electron chi connectivity index (χ1n) is 10.7. The Morgan fingerprint density at radius 2 is 1.00 bits per heavy atom. The molecule has 0 amide bonds. The number of rotatable bonds is 10. The third-order valence-corrected chi connectivity index (χ3v) is 5.25. The molecule has 0 radical (unpaired) electrons. The molecule has 0 aromatic heterocycles. The fourth-order valence-corrected chi connectivity index (χ4v) is 3.51. The van der Waals surface area contributed by atoms with E-state index in [1.54, 1.807) is 0 Å². The van der Waals surface area contributed by atoms with E-state index >= 15 is 0 Å². The summed E-state index contributed by atoms with van der Waals surface area (Å²) in [5, 5.41) is 0. The van der Waals surface area contributed by atoms with E-state index < -0.39 is 0 Å². The molecule has 1 heteroatoms. The zero-order valence-corrected chi connectivity index (χ0v) is 17.3. The van der Waals surface area contributed by atoms with Crippen molar-refractivity contribution in [1.82, 2.24) is 0 Å². The summed E-state index contributed by atoms with van der Waals surface area (Å²) in [7, 11) is 0. The molecule has 0 fully saturated rings. The molecule has 0 aliphatic carbocycles. The minimum absolute atomic E-state index is 0.716. The Bertz CT molecular complexity index is 814. The lowest BCUT2D eigenvalue weighted by Gasteiger charge is -2.07. The zero-order valence-electron chi connectivity index (χ0n) is 17.3. The Hall–Kier alpha value is -2.54. The lowest BCUT2D eigenvalue weighted by molar-refractivity contribution is 0.340. The Labute approximate surface area is 170 Å². The topological polar surface area (TPSA) is 9.23 Å². The van der Waals surface area contributed by atoms with Crippen LogP contribution in [0.1, 0.15) is 49.8 Å². The van der Waals surface area contributed by atoms with Gasteiger partial charge in [0.15, 0.2) is 0 Å². The van der Waals surface area contributed by atoms with Gasteiger partial charge in [-0.05, 0) is 72.6 Å². The molecule has 0 saturated heterocycles. The van der Waals surface area contributed by atoms with Gasteiger partial charge in [0.2, 0.25) is 0 Å². The van der Waals surface area contributed by atoms with Crippen molar-refractivity contribution in [2.24, 2.45) is 0 Å². The van der Waals surface area contributed by atoms with Gasteiger partial charge in [-0.3, -0.25) is 0 Å². The maximum absolute atomic E-state index is 5.51. The van der Waals surface area contributed by atoms with Crippen LogP contribution in [0.25, 0.3) is 11.1 Å². The van der Waals surface area contributed by atoms with Gasteiger partial charge >= 0.3 is 0 Å². The van der Waals surface area contributed by atoms with Gasteiger partial charge in [-0.2, -0.15) is 0 Å². The Morgan fingerprint density at radius 3 is 1.46 bits per heavy atom. The molecule has 0 aliphatic rings. The van der Waals surface area contributed by atoms with Crippen LogP contribution in [0.5, 0.6) is 5.75 Å². The monoisotopic (exact) mass is 372 g/mol. The highest BCUT2D eigenvalue weighted by Crippen LogP contribution is 2.22. The van der Waals surface area contributed by atoms with Crippen LogP contribution in [0.4, 0.5) is 0 Å². The zero-order chi connectivity index (χ0) is 19.6. The average molecular weight is 373 g/mol. The molecule has 3 rings (SSSR count). The van der Waals surface area contributed by atoms with Crippen molar-refractivity contribution in [3.8, 4) is 16.9 Å². The number of benzene rings is 3. The summed E-state index contributed by atoms with van der Waals surface area (Å²) in [4.78, 5) is 0. The van der Waals surface area contributed by atoms with Crippen molar-refractivity contribution >= 4 is 0 Å². The number of unbranched alkanes of at least 4 members (excludes halogenated alkanes) is 2. The van der Waals surface area contributed by atoms with Crippen molar-refractivity contribution in [3.63, 3.8) is 0 Å². The van der Waals surface area contributed by atoms with Crippen LogP contribution in [0.2, 0.25) is 0 Å². The second-order valence-electron chi connectivity index (χ2n) is 7.43. The predicted octanol–water partition coefficient (Wildman–Crippen LogP) is 7.27. The van der Waals surface area contributed by atoms with Crippen LogP contribution in [-0.2, 0) is 19.3 Å². The summed E-state index contributed by atoms with van der Waals surface area (Å²) in [6, 6.07) is 26.6. The molecule has 3 aromatic carbocycles. The average Bonchev–Trinajstić information content (AvgIpc) is 2.75. The van der Waals surface area contributed by atoms with Gasteiger partial charge in [-0.1, -0.05) is 80.4 Å². The van der Waals surface area contributed by atoms with E-state index in [1.807, 2.05) is 6.92 Å². The standard InChI is InChI=1S/C27H32O/c1-3-5-6-7-22-10-16-25(17-11-22)26-18-12-23(13-19-26)8-9-24-14-20-27(21-15-24)28-4-2/h10-21H,3-9H2,1-2H3. The van der Waals surface area contributed by atoms with Gasteiger partial charge < -0.3 is 4.74 Å². The van der Waals surface area contributed by atoms with Crippen molar-refractivity contribution in [2.75, 3.05) is 6.61 Å². The SMILES string of the molecule is CCCCCc1ccc(-c2ccc(CCc3ccc(OCC)cc3)cc2)cc1. The molecule has 0 atom stereocenters. The first kappa shape index (κ1) is 20.2. The second-order valence-corrected chi connectivity index (χ2v) is 7.43. The van der Waals surface area contributed by atoms with Crippen LogP contribution in [0, 0.1) is 0 Å². The van der Waals surface area contributed by atoms with Crippen molar-refractivity contribution in [3.05, 3.63) is 89.5 Å². The molecule has 1 nitrogen and oxygen atoms in total. The van der Waals surface area contributed by atoms with Crippen LogP contribution in [0.15, 0.2) is 72.8 Å². The highest BCUT2D eigenvalue weighted by atomic mass is 16.5. The molecular formula is C27H32O. The minimum atomic E-state index is 0.716. The first-order valence-corrected chi connectivity index (χ1v) is 10.7. The van der Waals surface area contributed by atoms with Crippen molar-refractivity contribution in [1.29, 1.82) is 0 Å². The lowest BCUT2D eigenvalue weighted by atomic mass is 9.98. The summed E-state index contributed by atoms with van der Waals surface area (Å²) in [6.45, 7) is 4.98. The Kier molecular flexibility index (Phi) is 7.72. The van der Waals surface area contributed by atoms with E-state index in [9.17, 15) is 0 Å². The Morgan fingerprint density at radius 1 is 0.536 bits per heavy atom. The largest absolute Gasteiger partial charge is 0.494 e. The molecule has 146 valence electrons. The van der Waals surface area contributed by atoms with E-state index in [1.165, 1.54) is 53.5 Å². The third kappa shape index (κ3) is 5.99. The number of hydrogen-bond acceptors (Lipinski definition) is 1. The summed E-state index contributed by atoms with van der Waals surface area (Å²) >= 11 is 0. The predicted molar refractivity (Wildman–Crippen MR) is 120 cm³/mol. The van der Waals surface area contributed by atoms with Gasteiger partial charge in [0.25, 0.3) is 0 Å². The summed E-state index contributed by atoms with van der Waals surface area (Å²) in [6.07, 6.45) is 7.20. The van der Waals surface area contributed by atoms with Crippen LogP contribution in [-0.4, -0.2) is 6.61 Å². The highest BCUT2D eigenvalue weighted by molar-refractivity contribution is 5.64. The van der Waals surface area contributed by atoms with Crippen molar-refractivity contribution in [2.45, 2.75) is 52.4 Å². The van der Waals surface area contributed by atoms with Crippen LogP contribution >= 0.6 is 0 Å². The summed E-state index contributed by atoms with van der Waals surface area (Å²) < 4.78 is 5.51. The van der Waals surface area contributed by atoms with E-state index in [2.05, 4.69) is 79.7 Å². The molecular weight excluding hydrogens is 340 g/mol. The van der Waals surface area contributed by atoms with E-state index in [0.717, 1.165) is 18.6 Å².